The number of rotatable bonds is 11. The monoisotopic (exact) mass is 833 g/mol. The van der Waals surface area contributed by atoms with Crippen molar-refractivity contribution in [3.8, 4) is 34.0 Å². The third-order valence-corrected chi connectivity index (χ3v) is 10.3. The molecule has 0 fully saturated rings. The maximum Gasteiger partial charge on any atom is 0.355 e. The van der Waals surface area contributed by atoms with E-state index < -0.39 is 85.0 Å². The summed E-state index contributed by atoms with van der Waals surface area (Å²) in [6, 6.07) is 11.2. The number of ether oxygens (including phenoxy) is 3. The van der Waals surface area contributed by atoms with Crippen LogP contribution in [0.5, 0.6) is 11.5 Å². The zero-order valence-electron chi connectivity index (χ0n) is 31.3. The molecule has 23 nitrogen and oxygen atoms in total. The molecule has 8 rings (SSSR count). The van der Waals surface area contributed by atoms with Gasteiger partial charge in [0.2, 0.25) is 25.4 Å². The van der Waals surface area contributed by atoms with Gasteiger partial charge in [-0.15, -0.1) is 0 Å². The van der Waals surface area contributed by atoms with Crippen LogP contribution >= 0.6 is 0 Å². The van der Waals surface area contributed by atoms with Gasteiger partial charge in [-0.1, -0.05) is 17.1 Å². The minimum atomic E-state index is -2.20. The predicted molar refractivity (Wildman–Crippen MR) is 204 cm³/mol. The Morgan fingerprint density at radius 2 is 1.70 bits per heavy atom. The Balaban J connectivity index is 1.17. The highest BCUT2D eigenvalue weighted by Gasteiger charge is 2.51. The number of hydrogen-bond donors (Lipinski definition) is 1. The second kappa shape index (κ2) is 14.6. The van der Waals surface area contributed by atoms with Gasteiger partial charge in [-0.3, -0.25) is 39.9 Å². The van der Waals surface area contributed by atoms with Crippen molar-refractivity contribution in [1.29, 1.82) is 0 Å². The molecule has 0 spiro atoms. The highest BCUT2D eigenvalue weighted by Crippen LogP contribution is 2.50. The SMILES string of the molecule is [B]C(=O)Oc1ccc2nc3c(cc2c1)Cn1c-3cc2c(c1=O)COC(=O)[C@@]2(CC)OC(=O)[C@H](C)ON=C1c2cc([N+](=O)[O-])cc(OON)c2-c2c1cc([N+](=O)[O-])cc2[N+](=O)[O-]. The van der Waals surface area contributed by atoms with E-state index in [-0.39, 0.29) is 52.1 Å². The van der Waals surface area contributed by atoms with Crippen LogP contribution in [0.3, 0.4) is 0 Å². The summed E-state index contributed by atoms with van der Waals surface area (Å²) in [6.45, 7) is 2.29. The lowest BCUT2D eigenvalue weighted by Crippen LogP contribution is -2.48. The molecule has 3 aromatic carbocycles. The summed E-state index contributed by atoms with van der Waals surface area (Å²) in [5, 5.41) is 40.5. The fourth-order valence-electron chi connectivity index (χ4n) is 7.55. The van der Waals surface area contributed by atoms with Gasteiger partial charge in [-0.2, -0.15) is 5.90 Å². The highest BCUT2D eigenvalue weighted by atomic mass is 17.3. The number of esters is 2. The molecule has 1 aliphatic carbocycles. The van der Waals surface area contributed by atoms with Gasteiger partial charge >= 0.3 is 11.9 Å². The molecule has 3 aliphatic rings. The zero-order valence-corrected chi connectivity index (χ0v) is 31.3. The molecule has 2 aromatic heterocycles. The number of fused-ring (bicyclic) bond motifs is 8. The van der Waals surface area contributed by atoms with E-state index in [0.29, 0.717) is 33.9 Å². The number of nitrogens with zero attached hydrogens (tertiary/aromatic N) is 6. The van der Waals surface area contributed by atoms with Crippen LogP contribution in [0.1, 0.15) is 48.1 Å². The molecule has 0 amide bonds. The summed E-state index contributed by atoms with van der Waals surface area (Å²) in [6.07, 6.45) is -1.95. The molecule has 0 saturated carbocycles. The summed E-state index contributed by atoms with van der Waals surface area (Å²) in [5.74, 6) is 1.51. The van der Waals surface area contributed by atoms with Gasteiger partial charge in [0.15, 0.2) is 5.75 Å². The number of nitrogens with two attached hydrogens (primary N) is 1. The van der Waals surface area contributed by atoms with Gasteiger partial charge in [0, 0.05) is 45.3 Å². The second-order valence-corrected chi connectivity index (χ2v) is 13.7. The summed E-state index contributed by atoms with van der Waals surface area (Å²) >= 11 is 0. The van der Waals surface area contributed by atoms with E-state index in [9.17, 15) is 49.5 Å². The van der Waals surface area contributed by atoms with E-state index in [0.717, 1.165) is 25.1 Å². The number of nitro groups is 3. The van der Waals surface area contributed by atoms with Gasteiger partial charge in [-0.05, 0) is 43.7 Å². The topological polar surface area (TPSA) is 309 Å². The lowest BCUT2D eigenvalue weighted by Gasteiger charge is -2.36. The number of carbonyl (C=O) groups is 3. The van der Waals surface area contributed by atoms with E-state index >= 15 is 0 Å². The van der Waals surface area contributed by atoms with Crippen molar-refractivity contribution in [2.45, 2.75) is 45.1 Å². The van der Waals surface area contributed by atoms with Crippen molar-refractivity contribution >= 4 is 59.3 Å². The molecular formula is C37H24BN7O16. The molecule has 0 unspecified atom stereocenters. The van der Waals surface area contributed by atoms with E-state index in [1.165, 1.54) is 23.6 Å². The molecule has 24 heteroatoms. The molecule has 2 radical (unpaired) electrons. The lowest BCUT2D eigenvalue weighted by molar-refractivity contribution is -0.393. The first-order valence-electron chi connectivity index (χ1n) is 17.7. The third-order valence-electron chi connectivity index (χ3n) is 10.3. The predicted octanol–water partition coefficient (Wildman–Crippen LogP) is 4.04. The molecule has 4 heterocycles. The number of carbonyl (C=O) groups excluding carboxylic acids is 3. The number of cyclic esters (lactones) is 1. The molecule has 2 N–H and O–H groups in total. The number of pyridine rings is 2. The van der Waals surface area contributed by atoms with Gasteiger partial charge in [-0.25, -0.2) is 14.6 Å². The van der Waals surface area contributed by atoms with Crippen molar-refractivity contribution in [2.75, 3.05) is 0 Å². The first kappa shape index (κ1) is 39.7. The van der Waals surface area contributed by atoms with Crippen LogP contribution in [-0.4, -0.2) is 61.8 Å². The number of non-ortho nitro benzene ring substituents is 2. The van der Waals surface area contributed by atoms with Crippen LogP contribution in [0.15, 0.2) is 64.5 Å². The molecule has 2 atom stereocenters. The summed E-state index contributed by atoms with van der Waals surface area (Å²) in [7, 11) is 5.15. The molecule has 0 bridgehead atoms. The number of hydrogen-bond acceptors (Lipinski definition) is 19. The minimum Gasteiger partial charge on any atom is -0.457 e. The Labute approximate surface area is 339 Å². The number of aromatic nitrogens is 2. The number of benzene rings is 3. The summed E-state index contributed by atoms with van der Waals surface area (Å²) in [4.78, 5) is 105. The lowest BCUT2D eigenvalue weighted by atomic mass is 9.85. The molecule has 5 aromatic rings. The Morgan fingerprint density at radius 1 is 1.00 bits per heavy atom. The van der Waals surface area contributed by atoms with Crippen molar-refractivity contribution in [1.82, 2.24) is 9.55 Å². The Bertz CT molecular complexity index is 2950. The van der Waals surface area contributed by atoms with E-state index in [1.807, 2.05) is 0 Å². The molecule has 306 valence electrons. The number of oxime groups is 1. The minimum absolute atomic E-state index is 0.0183. The van der Waals surface area contributed by atoms with Gasteiger partial charge in [0.25, 0.3) is 22.6 Å². The highest BCUT2D eigenvalue weighted by molar-refractivity contribution is 6.55. The average molecular weight is 833 g/mol. The second-order valence-electron chi connectivity index (χ2n) is 13.7. The quantitative estimate of drug-likeness (QED) is 0.0631. The first-order chi connectivity index (χ1) is 29.1. The smallest absolute Gasteiger partial charge is 0.355 e. The fraction of sp³-hybridized carbons (Fsp3) is 0.189. The van der Waals surface area contributed by atoms with Crippen molar-refractivity contribution in [3.63, 3.8) is 0 Å². The standard InChI is InChI=1S/C37H24BN7O16/c1-3-37(24-12-27-31-17(13-42(27)33(46)23(24)14-56-35(37)48)6-16-7-20(57-36(38)49)4-5-25(16)40-31)58-34(47)15(2)59-41-32-21-8-18(43(50)51)10-26(45(54)55)29(21)30-22(32)9-19(44(52)53)11-28(30)60-61-39/h4-12,15H,3,13-14,39H2,1-2H3/t15-,37-/m0/s1. The number of nitro benzene ring substituents is 3. The van der Waals surface area contributed by atoms with Gasteiger partial charge in [0.1, 0.15) is 18.1 Å². The normalized spacial score (nSPS) is 16.6. The Morgan fingerprint density at radius 3 is 2.36 bits per heavy atom. The molecule has 2 aliphatic heterocycles. The van der Waals surface area contributed by atoms with Gasteiger partial charge < -0.3 is 28.5 Å². The maximum absolute atomic E-state index is 14.0. The maximum atomic E-state index is 14.0. The van der Waals surface area contributed by atoms with Crippen LogP contribution < -0.4 is 21.1 Å². The zero-order chi connectivity index (χ0) is 43.7. The Kier molecular flexibility index (Phi) is 9.51. The van der Waals surface area contributed by atoms with Crippen molar-refractivity contribution in [2.24, 2.45) is 11.1 Å². The van der Waals surface area contributed by atoms with Gasteiger partial charge in [0.05, 0.1) is 61.5 Å². The van der Waals surface area contributed by atoms with Crippen LogP contribution in [0.2, 0.25) is 0 Å². The van der Waals surface area contributed by atoms with E-state index in [1.54, 1.807) is 18.2 Å². The fourth-order valence-corrected chi connectivity index (χ4v) is 7.55. The van der Waals surface area contributed by atoms with E-state index in [2.05, 4.69) is 10.1 Å². The van der Waals surface area contributed by atoms with Crippen LogP contribution in [0.4, 0.5) is 21.9 Å². The first-order valence-corrected chi connectivity index (χ1v) is 17.7. The summed E-state index contributed by atoms with van der Waals surface area (Å²) < 4.78 is 17.7. The Hall–Kier alpha value is -8.12. The molecular weight excluding hydrogens is 809 g/mol. The van der Waals surface area contributed by atoms with Crippen LogP contribution in [-0.2, 0) is 47.6 Å². The molecule has 0 saturated heterocycles. The van der Waals surface area contributed by atoms with Crippen LogP contribution in [0.25, 0.3) is 33.4 Å². The van der Waals surface area contributed by atoms with Crippen molar-refractivity contribution < 1.29 is 58.1 Å². The third kappa shape index (κ3) is 6.41. The average Bonchev–Trinajstić information content (AvgIpc) is 3.74. The van der Waals surface area contributed by atoms with E-state index in [4.69, 9.17) is 42.7 Å². The largest absolute Gasteiger partial charge is 0.457 e. The van der Waals surface area contributed by atoms with Crippen molar-refractivity contribution in [3.05, 3.63) is 123 Å². The molecule has 61 heavy (non-hydrogen) atoms. The summed E-state index contributed by atoms with van der Waals surface area (Å²) in [5.41, 5.74) is -4.74. The van der Waals surface area contributed by atoms with Crippen LogP contribution in [0, 0.1) is 30.3 Å².